The third-order valence-electron chi connectivity index (χ3n) is 1.56. The number of aromatic nitrogens is 2. The minimum Gasteiger partial charge on any atom is -0.338 e. The standard InChI is InChI=1S/C7H11ClN2O/c1-3-4-5(2)6-9-7(8)10-11-6/h5H,3-4H2,1-2H3. The van der Waals surface area contributed by atoms with Crippen LogP contribution < -0.4 is 0 Å². The van der Waals surface area contributed by atoms with Gasteiger partial charge in [0.25, 0.3) is 5.28 Å². The normalized spacial score (nSPS) is 13.4. The Hall–Kier alpha value is -0.570. The Morgan fingerprint density at radius 2 is 2.36 bits per heavy atom. The summed E-state index contributed by atoms with van der Waals surface area (Å²) in [7, 11) is 0. The summed E-state index contributed by atoms with van der Waals surface area (Å²) >= 11 is 5.49. The fourth-order valence-electron chi connectivity index (χ4n) is 0.973. The van der Waals surface area contributed by atoms with Gasteiger partial charge in [-0.2, -0.15) is 4.98 Å². The molecule has 0 aliphatic heterocycles. The lowest BCUT2D eigenvalue weighted by Gasteiger charge is -2.01. The monoisotopic (exact) mass is 174 g/mol. The van der Waals surface area contributed by atoms with Crippen molar-refractivity contribution in [3.63, 3.8) is 0 Å². The predicted molar refractivity (Wildman–Crippen MR) is 42.6 cm³/mol. The number of nitrogens with zero attached hydrogens (tertiary/aromatic N) is 2. The van der Waals surface area contributed by atoms with Crippen LogP contribution in [0.4, 0.5) is 0 Å². The molecule has 4 heteroatoms. The van der Waals surface area contributed by atoms with Crippen LogP contribution in [0.15, 0.2) is 4.52 Å². The van der Waals surface area contributed by atoms with E-state index < -0.39 is 0 Å². The van der Waals surface area contributed by atoms with E-state index >= 15 is 0 Å². The zero-order valence-electron chi connectivity index (χ0n) is 6.67. The van der Waals surface area contributed by atoms with Gasteiger partial charge in [0.1, 0.15) is 0 Å². The average molecular weight is 175 g/mol. The second-order valence-corrected chi connectivity index (χ2v) is 2.93. The molecule has 1 aromatic rings. The van der Waals surface area contributed by atoms with Gasteiger partial charge in [-0.25, -0.2) is 0 Å². The van der Waals surface area contributed by atoms with Gasteiger partial charge >= 0.3 is 0 Å². The molecular weight excluding hydrogens is 164 g/mol. The minimum atomic E-state index is 0.197. The van der Waals surface area contributed by atoms with Crippen LogP contribution in [-0.4, -0.2) is 10.1 Å². The molecule has 0 amide bonds. The fourth-order valence-corrected chi connectivity index (χ4v) is 1.09. The molecule has 1 atom stereocenters. The fraction of sp³-hybridized carbons (Fsp3) is 0.714. The Morgan fingerprint density at radius 3 is 2.82 bits per heavy atom. The van der Waals surface area contributed by atoms with E-state index in [0.29, 0.717) is 11.8 Å². The van der Waals surface area contributed by atoms with Gasteiger partial charge in [0.2, 0.25) is 5.89 Å². The second-order valence-electron chi connectivity index (χ2n) is 2.59. The maximum absolute atomic E-state index is 5.49. The lowest BCUT2D eigenvalue weighted by atomic mass is 10.1. The predicted octanol–water partition coefficient (Wildman–Crippen LogP) is 2.63. The third kappa shape index (κ3) is 2.19. The third-order valence-corrected chi connectivity index (χ3v) is 1.71. The molecule has 0 aromatic carbocycles. The first kappa shape index (κ1) is 8.53. The molecule has 1 rings (SSSR count). The lowest BCUT2D eigenvalue weighted by molar-refractivity contribution is 0.352. The summed E-state index contributed by atoms with van der Waals surface area (Å²) in [6.07, 6.45) is 2.17. The molecule has 0 bridgehead atoms. The molecule has 1 heterocycles. The van der Waals surface area contributed by atoms with Crippen molar-refractivity contribution >= 4 is 11.6 Å². The number of halogens is 1. The van der Waals surface area contributed by atoms with Gasteiger partial charge in [-0.05, 0) is 23.2 Å². The van der Waals surface area contributed by atoms with Crippen LogP contribution in [0.1, 0.15) is 38.5 Å². The van der Waals surface area contributed by atoms with Gasteiger partial charge in [-0.1, -0.05) is 20.3 Å². The van der Waals surface area contributed by atoms with Crippen molar-refractivity contribution in [1.29, 1.82) is 0 Å². The highest BCUT2D eigenvalue weighted by atomic mass is 35.5. The molecule has 1 aromatic heterocycles. The molecular formula is C7H11ClN2O. The van der Waals surface area contributed by atoms with E-state index in [1.165, 1.54) is 0 Å². The van der Waals surface area contributed by atoms with Crippen LogP contribution in [0.2, 0.25) is 5.28 Å². The molecule has 0 spiro atoms. The molecule has 0 saturated carbocycles. The molecule has 0 saturated heterocycles. The van der Waals surface area contributed by atoms with Crippen LogP contribution in [0, 0.1) is 0 Å². The van der Waals surface area contributed by atoms with E-state index in [9.17, 15) is 0 Å². The molecule has 62 valence electrons. The van der Waals surface area contributed by atoms with Crippen LogP contribution >= 0.6 is 11.6 Å². The van der Waals surface area contributed by atoms with Crippen molar-refractivity contribution in [2.75, 3.05) is 0 Å². The average Bonchev–Trinajstić information content (AvgIpc) is 2.36. The number of hydrogen-bond acceptors (Lipinski definition) is 3. The number of rotatable bonds is 3. The minimum absolute atomic E-state index is 0.197. The zero-order chi connectivity index (χ0) is 8.27. The highest BCUT2D eigenvalue weighted by Crippen LogP contribution is 2.19. The van der Waals surface area contributed by atoms with Crippen LogP contribution in [-0.2, 0) is 0 Å². The SMILES string of the molecule is CCCC(C)c1nc(Cl)no1. The summed E-state index contributed by atoms with van der Waals surface area (Å²) in [5, 5.41) is 3.70. The summed E-state index contributed by atoms with van der Waals surface area (Å²) in [5.41, 5.74) is 0. The quantitative estimate of drug-likeness (QED) is 0.707. The van der Waals surface area contributed by atoms with Gasteiger partial charge in [0.05, 0.1) is 0 Å². The maximum Gasteiger partial charge on any atom is 0.263 e. The zero-order valence-corrected chi connectivity index (χ0v) is 7.43. The highest BCUT2D eigenvalue weighted by Gasteiger charge is 2.11. The van der Waals surface area contributed by atoms with E-state index in [2.05, 4.69) is 17.1 Å². The first-order valence-electron chi connectivity index (χ1n) is 3.73. The van der Waals surface area contributed by atoms with Gasteiger partial charge in [0, 0.05) is 5.92 Å². The molecule has 0 radical (unpaired) electrons. The molecule has 0 N–H and O–H groups in total. The molecule has 0 aliphatic rings. The van der Waals surface area contributed by atoms with Crippen LogP contribution in [0.3, 0.4) is 0 Å². The van der Waals surface area contributed by atoms with E-state index in [1.54, 1.807) is 0 Å². The summed E-state index contributed by atoms with van der Waals surface area (Å²) < 4.78 is 4.89. The van der Waals surface area contributed by atoms with Crippen molar-refractivity contribution in [2.24, 2.45) is 0 Å². The Balaban J connectivity index is 2.60. The molecule has 0 fully saturated rings. The van der Waals surface area contributed by atoms with Gasteiger partial charge in [-0.3, -0.25) is 0 Å². The summed E-state index contributed by atoms with van der Waals surface area (Å²) in [6.45, 7) is 4.17. The Labute approximate surface area is 70.7 Å². The van der Waals surface area contributed by atoms with Crippen molar-refractivity contribution in [3.05, 3.63) is 11.2 Å². The summed E-state index contributed by atoms with van der Waals surface area (Å²) in [4.78, 5) is 3.92. The van der Waals surface area contributed by atoms with Crippen LogP contribution in [0.25, 0.3) is 0 Å². The Kier molecular flexibility index (Phi) is 2.88. The van der Waals surface area contributed by atoms with Crippen molar-refractivity contribution < 1.29 is 4.52 Å². The first-order valence-corrected chi connectivity index (χ1v) is 4.11. The molecule has 11 heavy (non-hydrogen) atoms. The summed E-state index contributed by atoms with van der Waals surface area (Å²) in [5.74, 6) is 0.955. The van der Waals surface area contributed by atoms with Crippen molar-refractivity contribution in [3.8, 4) is 0 Å². The van der Waals surface area contributed by atoms with Gasteiger partial charge in [-0.15, -0.1) is 0 Å². The largest absolute Gasteiger partial charge is 0.338 e. The van der Waals surface area contributed by atoms with Gasteiger partial charge < -0.3 is 4.52 Å². The van der Waals surface area contributed by atoms with Gasteiger partial charge in [0.15, 0.2) is 0 Å². The number of hydrogen-bond donors (Lipinski definition) is 0. The van der Waals surface area contributed by atoms with E-state index in [0.717, 1.165) is 12.8 Å². The summed E-state index contributed by atoms with van der Waals surface area (Å²) in [6, 6.07) is 0. The second kappa shape index (κ2) is 3.72. The highest BCUT2D eigenvalue weighted by molar-refractivity contribution is 6.28. The molecule has 0 aliphatic carbocycles. The van der Waals surface area contributed by atoms with Crippen molar-refractivity contribution in [2.45, 2.75) is 32.6 Å². The van der Waals surface area contributed by atoms with E-state index in [-0.39, 0.29) is 5.28 Å². The van der Waals surface area contributed by atoms with Crippen molar-refractivity contribution in [1.82, 2.24) is 10.1 Å². The Morgan fingerprint density at radius 1 is 1.64 bits per heavy atom. The van der Waals surface area contributed by atoms with E-state index in [1.807, 2.05) is 6.92 Å². The Bertz CT molecular complexity index is 224. The molecule has 1 unspecified atom stereocenters. The first-order chi connectivity index (χ1) is 5.24. The molecule has 3 nitrogen and oxygen atoms in total. The smallest absolute Gasteiger partial charge is 0.263 e. The topological polar surface area (TPSA) is 38.9 Å². The van der Waals surface area contributed by atoms with E-state index in [4.69, 9.17) is 16.1 Å². The van der Waals surface area contributed by atoms with Crippen LogP contribution in [0.5, 0.6) is 0 Å². The maximum atomic E-state index is 5.49. The lowest BCUT2D eigenvalue weighted by Crippen LogP contribution is -1.92.